The van der Waals surface area contributed by atoms with E-state index in [-0.39, 0.29) is 0 Å². The fourth-order valence-electron chi connectivity index (χ4n) is 1.48. The molecule has 6 atom stereocenters. The molecule has 1 aliphatic carbocycles. The Hall–Kier alpha value is -0.240. The summed E-state index contributed by atoms with van der Waals surface area (Å²) in [4.78, 5) is 0. The molecule has 0 aliphatic heterocycles. The number of aliphatic hydroxyl groups is 5. The molecule has 0 bridgehead atoms. The van der Waals surface area contributed by atoms with E-state index in [1.165, 1.54) is 7.11 Å². The van der Waals surface area contributed by atoms with Gasteiger partial charge in [-0.3, -0.25) is 0 Å². The zero-order valence-corrected chi connectivity index (χ0v) is 7.11. The van der Waals surface area contributed by atoms with Crippen molar-refractivity contribution in [2.75, 3.05) is 7.11 Å². The van der Waals surface area contributed by atoms with E-state index in [0.717, 1.165) is 0 Å². The van der Waals surface area contributed by atoms with Crippen molar-refractivity contribution in [3.63, 3.8) is 0 Å². The van der Waals surface area contributed by atoms with Gasteiger partial charge in [-0.15, -0.1) is 0 Å². The van der Waals surface area contributed by atoms with Crippen molar-refractivity contribution < 1.29 is 30.3 Å². The third kappa shape index (κ3) is 1.69. The van der Waals surface area contributed by atoms with Crippen LogP contribution in [0.4, 0.5) is 0 Å². The molecule has 78 valence electrons. The van der Waals surface area contributed by atoms with Crippen molar-refractivity contribution in [1.82, 2.24) is 0 Å². The lowest BCUT2D eigenvalue weighted by Crippen LogP contribution is -2.64. The van der Waals surface area contributed by atoms with Crippen molar-refractivity contribution in [3.8, 4) is 0 Å². The Morgan fingerprint density at radius 3 is 1.31 bits per heavy atom. The minimum atomic E-state index is -1.56. The number of hydrogen-bond donors (Lipinski definition) is 5. The minimum Gasteiger partial charge on any atom is -0.387 e. The molecule has 0 heterocycles. The summed E-state index contributed by atoms with van der Waals surface area (Å²) >= 11 is 0. The first-order chi connectivity index (χ1) is 6.00. The number of ether oxygens (including phenoxy) is 1. The van der Waals surface area contributed by atoms with Crippen LogP contribution >= 0.6 is 0 Å². The van der Waals surface area contributed by atoms with Gasteiger partial charge in [0.2, 0.25) is 0 Å². The van der Waals surface area contributed by atoms with Gasteiger partial charge in [0.25, 0.3) is 0 Å². The Bertz CT molecular complexity index is 158. The Kier molecular flexibility index (Phi) is 3.23. The first kappa shape index (κ1) is 10.8. The van der Waals surface area contributed by atoms with Gasteiger partial charge in [0.1, 0.15) is 36.6 Å². The van der Waals surface area contributed by atoms with Gasteiger partial charge in [-0.2, -0.15) is 0 Å². The Balaban J connectivity index is 2.79. The van der Waals surface area contributed by atoms with Crippen LogP contribution < -0.4 is 0 Å². The van der Waals surface area contributed by atoms with Crippen LogP contribution in [0.1, 0.15) is 0 Å². The lowest BCUT2D eigenvalue weighted by molar-refractivity contribution is -0.229. The standard InChI is InChI=1S/C7H14O6/c1-13-7-5(11)3(9)2(8)4(10)6(7)12/h2-12H,1H3/t2-,3-,4-,5+,6-,7-/m1/s1. The minimum absolute atomic E-state index is 1.09. The molecule has 1 fully saturated rings. The summed E-state index contributed by atoms with van der Waals surface area (Å²) in [5, 5.41) is 46.1. The lowest BCUT2D eigenvalue weighted by atomic mass is 9.85. The second kappa shape index (κ2) is 3.87. The number of methoxy groups -OCH3 is 1. The fourth-order valence-corrected chi connectivity index (χ4v) is 1.48. The van der Waals surface area contributed by atoms with Gasteiger partial charge in [0.15, 0.2) is 0 Å². The topological polar surface area (TPSA) is 110 Å². The molecule has 0 saturated heterocycles. The SMILES string of the molecule is CO[C@H]1[C@H](O)[C@H](O)[C@H](O)[C@@H](O)[C@@H]1O. The second-order valence-corrected chi connectivity index (χ2v) is 3.15. The Labute approximate surface area is 75.0 Å². The van der Waals surface area contributed by atoms with Crippen molar-refractivity contribution in [3.05, 3.63) is 0 Å². The normalized spacial score (nSPS) is 52.2. The predicted molar refractivity (Wildman–Crippen MR) is 40.8 cm³/mol. The zero-order chi connectivity index (χ0) is 10.2. The first-order valence-electron chi connectivity index (χ1n) is 3.93. The fraction of sp³-hybridized carbons (Fsp3) is 1.00. The quantitative estimate of drug-likeness (QED) is 0.301. The number of hydrogen-bond acceptors (Lipinski definition) is 6. The van der Waals surface area contributed by atoms with Gasteiger partial charge in [-0.05, 0) is 0 Å². The molecule has 0 aromatic heterocycles. The number of aliphatic hydroxyl groups excluding tert-OH is 5. The average Bonchev–Trinajstić information content (AvgIpc) is 2.13. The second-order valence-electron chi connectivity index (χ2n) is 3.15. The van der Waals surface area contributed by atoms with Crippen LogP contribution in [0.2, 0.25) is 0 Å². The van der Waals surface area contributed by atoms with E-state index in [0.29, 0.717) is 0 Å². The largest absolute Gasteiger partial charge is 0.387 e. The van der Waals surface area contributed by atoms with Crippen LogP contribution in [-0.4, -0.2) is 69.3 Å². The van der Waals surface area contributed by atoms with Crippen LogP contribution in [0.5, 0.6) is 0 Å². The van der Waals surface area contributed by atoms with Gasteiger partial charge < -0.3 is 30.3 Å². The molecule has 1 aliphatic rings. The summed E-state index contributed by atoms with van der Waals surface area (Å²) in [5.41, 5.74) is 0. The molecule has 5 N–H and O–H groups in total. The zero-order valence-electron chi connectivity index (χ0n) is 7.11. The molecular formula is C7H14O6. The lowest BCUT2D eigenvalue weighted by Gasteiger charge is -2.40. The maximum atomic E-state index is 9.29. The predicted octanol–water partition coefficient (Wildman–Crippen LogP) is -3.18. The van der Waals surface area contributed by atoms with E-state index < -0.39 is 36.6 Å². The molecule has 0 aromatic carbocycles. The molecule has 0 spiro atoms. The van der Waals surface area contributed by atoms with E-state index in [9.17, 15) is 20.4 Å². The van der Waals surface area contributed by atoms with Gasteiger partial charge >= 0.3 is 0 Å². The van der Waals surface area contributed by atoms with Gasteiger partial charge in [0, 0.05) is 7.11 Å². The molecule has 0 unspecified atom stereocenters. The highest BCUT2D eigenvalue weighted by atomic mass is 16.5. The van der Waals surface area contributed by atoms with Crippen molar-refractivity contribution in [2.24, 2.45) is 0 Å². The summed E-state index contributed by atoms with van der Waals surface area (Å²) < 4.78 is 4.67. The Morgan fingerprint density at radius 2 is 1.00 bits per heavy atom. The van der Waals surface area contributed by atoms with Crippen molar-refractivity contribution in [1.29, 1.82) is 0 Å². The Morgan fingerprint density at radius 1 is 0.692 bits per heavy atom. The van der Waals surface area contributed by atoms with Gasteiger partial charge in [-0.1, -0.05) is 0 Å². The van der Waals surface area contributed by atoms with Crippen LogP contribution in [0.15, 0.2) is 0 Å². The molecule has 1 saturated carbocycles. The monoisotopic (exact) mass is 194 g/mol. The smallest absolute Gasteiger partial charge is 0.114 e. The summed E-state index contributed by atoms with van der Waals surface area (Å²) in [6.45, 7) is 0. The first-order valence-corrected chi connectivity index (χ1v) is 3.93. The maximum absolute atomic E-state index is 9.29. The maximum Gasteiger partial charge on any atom is 0.114 e. The highest BCUT2D eigenvalue weighted by molar-refractivity contribution is 4.99. The van der Waals surface area contributed by atoms with Crippen LogP contribution in [0.3, 0.4) is 0 Å². The van der Waals surface area contributed by atoms with Gasteiger partial charge in [-0.25, -0.2) is 0 Å². The molecule has 0 radical (unpaired) electrons. The summed E-state index contributed by atoms with van der Waals surface area (Å²) in [5.74, 6) is 0. The highest BCUT2D eigenvalue weighted by Crippen LogP contribution is 2.23. The molecule has 6 nitrogen and oxygen atoms in total. The third-order valence-electron chi connectivity index (χ3n) is 2.35. The molecule has 1 rings (SSSR count). The van der Waals surface area contributed by atoms with Gasteiger partial charge in [0.05, 0.1) is 0 Å². The molecule has 0 aromatic rings. The van der Waals surface area contributed by atoms with Crippen LogP contribution in [0, 0.1) is 0 Å². The van der Waals surface area contributed by atoms with Crippen LogP contribution in [-0.2, 0) is 4.74 Å². The van der Waals surface area contributed by atoms with E-state index >= 15 is 0 Å². The van der Waals surface area contributed by atoms with Crippen molar-refractivity contribution >= 4 is 0 Å². The highest BCUT2D eigenvalue weighted by Gasteiger charge is 2.48. The van der Waals surface area contributed by atoms with E-state index in [1.807, 2.05) is 0 Å². The molecular weight excluding hydrogens is 180 g/mol. The van der Waals surface area contributed by atoms with Crippen molar-refractivity contribution in [2.45, 2.75) is 36.6 Å². The number of rotatable bonds is 1. The average molecular weight is 194 g/mol. The van der Waals surface area contributed by atoms with E-state index in [4.69, 9.17) is 5.11 Å². The molecule has 0 amide bonds. The molecule has 6 heteroatoms. The summed E-state index contributed by atoms with van der Waals surface area (Å²) in [6, 6.07) is 0. The third-order valence-corrected chi connectivity index (χ3v) is 2.35. The summed E-state index contributed by atoms with van der Waals surface area (Å²) in [7, 11) is 1.23. The van der Waals surface area contributed by atoms with E-state index in [1.54, 1.807) is 0 Å². The summed E-state index contributed by atoms with van der Waals surface area (Å²) in [6.07, 6.45) is -8.48. The molecule has 13 heavy (non-hydrogen) atoms. The van der Waals surface area contributed by atoms with E-state index in [2.05, 4.69) is 4.74 Å². The van der Waals surface area contributed by atoms with Crippen LogP contribution in [0.25, 0.3) is 0 Å².